The van der Waals surface area contributed by atoms with Gasteiger partial charge in [0.15, 0.2) is 5.44 Å². The highest BCUT2D eigenvalue weighted by Crippen LogP contribution is 2.40. The molecule has 0 bridgehead atoms. The molecule has 0 amide bonds. The van der Waals surface area contributed by atoms with Gasteiger partial charge in [0.05, 0.1) is 11.5 Å². The summed E-state index contributed by atoms with van der Waals surface area (Å²) in [6.07, 6.45) is 0. The molecule has 0 aromatic heterocycles. The third-order valence-corrected chi connectivity index (χ3v) is 7.27. The van der Waals surface area contributed by atoms with Crippen LogP contribution in [-0.2, 0) is 25.4 Å². The van der Waals surface area contributed by atoms with E-state index in [2.05, 4.69) is 59.7 Å². The molecule has 0 N–H and O–H groups in total. The van der Waals surface area contributed by atoms with Gasteiger partial charge in [-0.15, -0.1) is 0 Å². The summed E-state index contributed by atoms with van der Waals surface area (Å²) in [6, 6.07) is 15.2. The van der Waals surface area contributed by atoms with Gasteiger partial charge < -0.3 is 4.74 Å². The van der Waals surface area contributed by atoms with Crippen LogP contribution in [0.15, 0.2) is 53.4 Å². The van der Waals surface area contributed by atoms with Crippen molar-refractivity contribution >= 4 is 9.84 Å². The molecular formula is C23H30O3S. The number of hydrogen-bond donors (Lipinski definition) is 0. The Morgan fingerprint density at radius 3 is 1.78 bits per heavy atom. The number of sulfone groups is 1. The zero-order valence-electron chi connectivity index (χ0n) is 17.1. The quantitative estimate of drug-likeness (QED) is 0.728. The van der Waals surface area contributed by atoms with E-state index >= 15 is 0 Å². The third kappa shape index (κ3) is 3.97. The number of benzene rings is 2. The Morgan fingerprint density at radius 2 is 1.37 bits per heavy atom. The molecule has 1 aliphatic heterocycles. The highest BCUT2D eigenvalue weighted by molar-refractivity contribution is 7.92. The van der Waals surface area contributed by atoms with E-state index in [0.717, 1.165) is 5.56 Å². The average Bonchev–Trinajstić information content (AvgIpc) is 2.52. The second kappa shape index (κ2) is 6.75. The molecule has 0 aliphatic carbocycles. The monoisotopic (exact) mass is 386 g/mol. The molecule has 2 aromatic carbocycles. The van der Waals surface area contributed by atoms with Crippen molar-refractivity contribution in [1.82, 2.24) is 0 Å². The largest absolute Gasteiger partial charge is 0.360 e. The van der Waals surface area contributed by atoms with Gasteiger partial charge in [-0.05, 0) is 39.7 Å². The Kier molecular flexibility index (Phi) is 5.02. The van der Waals surface area contributed by atoms with Crippen LogP contribution in [0.25, 0.3) is 0 Å². The molecule has 1 aliphatic rings. The fourth-order valence-electron chi connectivity index (χ4n) is 3.31. The number of hydrogen-bond acceptors (Lipinski definition) is 3. The second-order valence-corrected chi connectivity index (χ2v) is 11.5. The first kappa shape index (κ1) is 20.1. The van der Waals surface area contributed by atoms with Gasteiger partial charge in [0.25, 0.3) is 0 Å². The van der Waals surface area contributed by atoms with Gasteiger partial charge in [-0.2, -0.15) is 0 Å². The van der Waals surface area contributed by atoms with Crippen LogP contribution in [0.2, 0.25) is 0 Å². The average molecular weight is 387 g/mol. The fraction of sp³-hybridized carbons (Fsp3) is 0.478. The van der Waals surface area contributed by atoms with Gasteiger partial charge in [0.2, 0.25) is 9.84 Å². The maximum atomic E-state index is 13.0. The summed E-state index contributed by atoms with van der Waals surface area (Å²) in [5, 5.41) is 0. The summed E-state index contributed by atoms with van der Waals surface area (Å²) >= 11 is 0. The minimum Gasteiger partial charge on any atom is -0.360 e. The van der Waals surface area contributed by atoms with Crippen LogP contribution in [0, 0.1) is 0 Å². The van der Waals surface area contributed by atoms with E-state index < -0.39 is 15.3 Å². The molecule has 3 nitrogen and oxygen atoms in total. The van der Waals surface area contributed by atoms with E-state index in [1.165, 1.54) is 11.1 Å². The van der Waals surface area contributed by atoms with E-state index in [0.29, 0.717) is 11.5 Å². The zero-order valence-corrected chi connectivity index (χ0v) is 17.9. The van der Waals surface area contributed by atoms with Crippen molar-refractivity contribution in [3.05, 3.63) is 65.2 Å². The second-order valence-electron chi connectivity index (χ2n) is 9.51. The van der Waals surface area contributed by atoms with Crippen molar-refractivity contribution in [2.24, 2.45) is 0 Å². The van der Waals surface area contributed by atoms with Crippen molar-refractivity contribution in [3.63, 3.8) is 0 Å². The van der Waals surface area contributed by atoms with Crippen molar-refractivity contribution in [3.8, 4) is 0 Å². The Labute approximate surface area is 163 Å². The Balaban J connectivity index is 2.04. The normalized spacial score (nSPS) is 21.0. The van der Waals surface area contributed by atoms with Gasteiger partial charge in [0, 0.05) is 5.92 Å². The lowest BCUT2D eigenvalue weighted by molar-refractivity contribution is -0.0245. The molecule has 2 aromatic rings. The molecule has 0 saturated carbocycles. The minimum atomic E-state index is -3.52. The topological polar surface area (TPSA) is 43.4 Å². The van der Waals surface area contributed by atoms with Crippen LogP contribution in [0.4, 0.5) is 0 Å². The number of ether oxygens (including phenoxy) is 1. The van der Waals surface area contributed by atoms with Gasteiger partial charge in [0.1, 0.15) is 0 Å². The summed E-state index contributed by atoms with van der Waals surface area (Å²) in [5.41, 5.74) is 2.69. The minimum absolute atomic E-state index is 0.00554. The molecule has 1 fully saturated rings. The predicted molar refractivity (Wildman–Crippen MR) is 110 cm³/mol. The molecule has 27 heavy (non-hydrogen) atoms. The molecular weight excluding hydrogens is 356 g/mol. The lowest BCUT2D eigenvalue weighted by Gasteiger charge is -2.38. The molecule has 1 heterocycles. The Hall–Kier alpha value is -1.65. The van der Waals surface area contributed by atoms with E-state index in [1.54, 1.807) is 24.3 Å². The molecule has 3 rings (SSSR count). The highest BCUT2D eigenvalue weighted by atomic mass is 32.2. The van der Waals surface area contributed by atoms with Crippen LogP contribution in [-0.4, -0.2) is 20.5 Å². The number of rotatable bonds is 3. The molecule has 1 saturated heterocycles. The molecule has 0 radical (unpaired) electrons. The SMILES string of the molecule is CC(C)(C)c1cc([C@@H]2CO[C@@H]2S(=O)(=O)c2ccccc2)cc(C(C)(C)C)c1. The lowest BCUT2D eigenvalue weighted by atomic mass is 9.78. The van der Waals surface area contributed by atoms with Crippen LogP contribution in [0.5, 0.6) is 0 Å². The maximum absolute atomic E-state index is 13.0. The summed E-state index contributed by atoms with van der Waals surface area (Å²) in [6.45, 7) is 13.6. The fourth-order valence-corrected chi connectivity index (χ4v) is 5.04. The van der Waals surface area contributed by atoms with Crippen LogP contribution in [0.3, 0.4) is 0 Å². The maximum Gasteiger partial charge on any atom is 0.205 e. The first-order valence-electron chi connectivity index (χ1n) is 9.47. The van der Waals surface area contributed by atoms with E-state index in [-0.39, 0.29) is 16.7 Å². The third-order valence-electron chi connectivity index (χ3n) is 5.26. The van der Waals surface area contributed by atoms with E-state index in [4.69, 9.17) is 4.74 Å². The zero-order chi connectivity index (χ0) is 20.0. The lowest BCUT2D eigenvalue weighted by Crippen LogP contribution is -2.43. The van der Waals surface area contributed by atoms with Crippen LogP contribution < -0.4 is 0 Å². The first-order valence-corrected chi connectivity index (χ1v) is 11.0. The molecule has 0 unspecified atom stereocenters. The molecule has 0 spiro atoms. The van der Waals surface area contributed by atoms with Gasteiger partial charge in [-0.3, -0.25) is 0 Å². The molecule has 2 atom stereocenters. The summed E-state index contributed by atoms with van der Waals surface area (Å²) in [4.78, 5) is 0.322. The molecule has 4 heteroatoms. The van der Waals surface area contributed by atoms with Crippen molar-refractivity contribution in [1.29, 1.82) is 0 Å². The summed E-state index contributed by atoms with van der Waals surface area (Å²) < 4.78 is 31.7. The van der Waals surface area contributed by atoms with Gasteiger partial charge in [-0.25, -0.2) is 8.42 Å². The predicted octanol–water partition coefficient (Wildman–Crippen LogP) is 5.20. The van der Waals surface area contributed by atoms with Crippen molar-refractivity contribution < 1.29 is 13.2 Å². The van der Waals surface area contributed by atoms with Crippen molar-refractivity contribution in [2.75, 3.05) is 6.61 Å². The smallest absolute Gasteiger partial charge is 0.205 e. The van der Waals surface area contributed by atoms with Gasteiger partial charge in [-0.1, -0.05) is 77.9 Å². The Morgan fingerprint density at radius 1 is 0.852 bits per heavy atom. The van der Waals surface area contributed by atoms with E-state index in [9.17, 15) is 8.42 Å². The first-order chi connectivity index (χ1) is 12.4. The Bertz CT molecular complexity index is 884. The van der Waals surface area contributed by atoms with Gasteiger partial charge >= 0.3 is 0 Å². The van der Waals surface area contributed by atoms with Crippen LogP contribution in [0.1, 0.15) is 64.2 Å². The summed E-state index contributed by atoms with van der Waals surface area (Å²) in [7, 11) is -3.52. The summed E-state index contributed by atoms with van der Waals surface area (Å²) in [5.74, 6) is -0.140. The highest BCUT2D eigenvalue weighted by Gasteiger charge is 2.44. The standard InChI is InChI=1S/C23H30O3S/c1-22(2,3)17-12-16(13-18(14-17)23(4,5)6)20-15-26-21(20)27(24,25)19-10-8-7-9-11-19/h7-14,20-21H,15H2,1-6H3/t20-,21+/m0/s1. The van der Waals surface area contributed by atoms with Crippen molar-refractivity contribution in [2.45, 2.75) is 68.6 Å². The van der Waals surface area contributed by atoms with E-state index in [1.807, 2.05) is 6.07 Å². The molecule has 146 valence electrons. The van der Waals surface area contributed by atoms with Crippen LogP contribution >= 0.6 is 0 Å².